The van der Waals surface area contributed by atoms with Gasteiger partial charge in [0, 0.05) is 23.8 Å². The zero-order valence-corrected chi connectivity index (χ0v) is 13.1. The van der Waals surface area contributed by atoms with Crippen LogP contribution in [0.4, 0.5) is 11.5 Å². The third kappa shape index (κ3) is 2.65. The Bertz CT molecular complexity index is 937. The molecule has 0 atom stereocenters. The normalized spacial score (nSPS) is 10.7. The number of nitrogens with one attached hydrogen (secondary N) is 2. The minimum Gasteiger partial charge on any atom is -0.348 e. The fourth-order valence-corrected chi connectivity index (χ4v) is 2.54. The van der Waals surface area contributed by atoms with Crippen LogP contribution < -0.4 is 5.32 Å². The van der Waals surface area contributed by atoms with E-state index < -0.39 is 0 Å². The molecule has 0 spiro atoms. The minimum absolute atomic E-state index is 0.791. The van der Waals surface area contributed by atoms with Crippen LogP contribution in [0.15, 0.2) is 67.4 Å². The fraction of sp³-hybridized carbons (Fsp3) is 0.0556. The first kappa shape index (κ1) is 14.2. The molecule has 4 rings (SSSR count). The van der Waals surface area contributed by atoms with Crippen molar-refractivity contribution in [1.29, 1.82) is 0 Å². The van der Waals surface area contributed by atoms with E-state index >= 15 is 0 Å². The van der Waals surface area contributed by atoms with Gasteiger partial charge in [0.2, 0.25) is 0 Å². The molecule has 4 aromatic rings. The van der Waals surface area contributed by atoms with Crippen molar-refractivity contribution in [1.82, 2.24) is 24.5 Å². The highest BCUT2D eigenvalue weighted by atomic mass is 15.1. The van der Waals surface area contributed by atoms with E-state index in [1.807, 2.05) is 66.3 Å². The number of para-hydroxylation sites is 1. The lowest BCUT2D eigenvalue weighted by Gasteiger charge is -2.09. The van der Waals surface area contributed by atoms with Crippen LogP contribution in [0.25, 0.3) is 17.2 Å². The second-order valence-corrected chi connectivity index (χ2v) is 5.39. The third-order valence-corrected chi connectivity index (χ3v) is 3.75. The molecule has 3 aromatic heterocycles. The molecular formula is C18H16N6. The number of H-pyrrole nitrogens is 1. The van der Waals surface area contributed by atoms with E-state index in [4.69, 9.17) is 0 Å². The monoisotopic (exact) mass is 316 g/mol. The van der Waals surface area contributed by atoms with Crippen LogP contribution in [0, 0.1) is 6.92 Å². The van der Waals surface area contributed by atoms with Gasteiger partial charge in [-0.15, -0.1) is 0 Å². The summed E-state index contributed by atoms with van der Waals surface area (Å²) < 4.78 is 1.97. The van der Waals surface area contributed by atoms with E-state index in [2.05, 4.69) is 25.3 Å². The van der Waals surface area contributed by atoms with Gasteiger partial charge in [-0.25, -0.2) is 15.0 Å². The largest absolute Gasteiger partial charge is 0.348 e. The lowest BCUT2D eigenvalue weighted by Crippen LogP contribution is -2.00. The van der Waals surface area contributed by atoms with Crippen LogP contribution in [-0.4, -0.2) is 24.5 Å². The van der Waals surface area contributed by atoms with E-state index in [-0.39, 0.29) is 0 Å². The highest BCUT2D eigenvalue weighted by molar-refractivity contribution is 5.59. The average Bonchev–Trinajstić information content (AvgIpc) is 3.25. The fourth-order valence-electron chi connectivity index (χ4n) is 2.54. The summed E-state index contributed by atoms with van der Waals surface area (Å²) >= 11 is 0. The summed E-state index contributed by atoms with van der Waals surface area (Å²) in [6.07, 6.45) is 7.16. The summed E-state index contributed by atoms with van der Waals surface area (Å²) in [6.45, 7) is 1.98. The van der Waals surface area contributed by atoms with E-state index in [0.29, 0.717) is 0 Å². The van der Waals surface area contributed by atoms with E-state index in [1.54, 1.807) is 12.5 Å². The second kappa shape index (κ2) is 6.00. The van der Waals surface area contributed by atoms with Gasteiger partial charge in [0.05, 0.1) is 18.2 Å². The highest BCUT2D eigenvalue weighted by Crippen LogP contribution is 2.22. The molecule has 3 heterocycles. The number of benzene rings is 1. The Kier molecular flexibility index (Phi) is 3.55. The first-order valence-electron chi connectivity index (χ1n) is 7.63. The molecule has 0 aliphatic rings. The summed E-state index contributed by atoms with van der Waals surface area (Å²) in [4.78, 5) is 16.3. The molecular weight excluding hydrogens is 300 g/mol. The minimum atomic E-state index is 0.791. The topological polar surface area (TPSA) is 71.4 Å². The van der Waals surface area contributed by atoms with E-state index in [1.165, 1.54) is 0 Å². The van der Waals surface area contributed by atoms with Gasteiger partial charge in [-0.1, -0.05) is 18.2 Å². The smallest absolute Gasteiger partial charge is 0.165 e. The van der Waals surface area contributed by atoms with E-state index in [0.717, 1.165) is 34.4 Å². The van der Waals surface area contributed by atoms with Gasteiger partial charge in [-0.05, 0) is 31.2 Å². The Hall–Kier alpha value is -3.41. The lowest BCUT2D eigenvalue weighted by atomic mass is 10.3. The van der Waals surface area contributed by atoms with Gasteiger partial charge in [0.1, 0.15) is 11.5 Å². The molecule has 0 aliphatic heterocycles. The van der Waals surface area contributed by atoms with Crippen molar-refractivity contribution in [2.75, 3.05) is 5.32 Å². The average molecular weight is 316 g/mol. The van der Waals surface area contributed by atoms with Crippen molar-refractivity contribution >= 4 is 11.5 Å². The first-order chi connectivity index (χ1) is 11.8. The lowest BCUT2D eigenvalue weighted by molar-refractivity contribution is 1.04. The van der Waals surface area contributed by atoms with Gasteiger partial charge in [-0.3, -0.25) is 4.57 Å². The van der Waals surface area contributed by atoms with Gasteiger partial charge in [-0.2, -0.15) is 0 Å². The van der Waals surface area contributed by atoms with Gasteiger partial charge < -0.3 is 10.3 Å². The zero-order chi connectivity index (χ0) is 16.4. The number of aromatic nitrogens is 5. The van der Waals surface area contributed by atoms with E-state index in [9.17, 15) is 0 Å². The molecule has 0 aliphatic carbocycles. The molecule has 0 saturated heterocycles. The number of anilines is 2. The number of pyridine rings is 1. The summed E-state index contributed by atoms with van der Waals surface area (Å²) in [5.41, 5.74) is 3.76. The Balaban J connectivity index is 1.62. The van der Waals surface area contributed by atoms with Crippen LogP contribution >= 0.6 is 0 Å². The standard InChI is InChI=1S/C18H16N6/c1-13-17(22-12-21-13)18-19-9-10-24(18)15-7-8-16(20-11-15)23-14-5-3-2-4-6-14/h2-12H,1H3,(H,20,23)(H,21,22). The SMILES string of the molecule is Cc1[nH]cnc1-c1nccn1-c1ccc(Nc2ccccc2)nc1. The maximum Gasteiger partial charge on any atom is 0.165 e. The molecule has 0 bridgehead atoms. The molecule has 0 saturated carbocycles. The van der Waals surface area contributed by atoms with Crippen molar-refractivity contribution in [2.24, 2.45) is 0 Å². The van der Waals surface area contributed by atoms with Crippen molar-refractivity contribution in [3.8, 4) is 17.2 Å². The number of rotatable bonds is 4. The van der Waals surface area contributed by atoms with Gasteiger partial charge in [0.15, 0.2) is 5.82 Å². The summed E-state index contributed by atoms with van der Waals surface area (Å²) in [6, 6.07) is 13.9. The Morgan fingerprint density at radius 1 is 1.00 bits per heavy atom. The Morgan fingerprint density at radius 2 is 1.88 bits per heavy atom. The molecule has 6 nitrogen and oxygen atoms in total. The number of hydrogen-bond donors (Lipinski definition) is 2. The van der Waals surface area contributed by atoms with Crippen molar-refractivity contribution in [3.05, 3.63) is 73.1 Å². The van der Waals surface area contributed by atoms with Crippen LogP contribution in [0.3, 0.4) is 0 Å². The van der Waals surface area contributed by atoms with Crippen LogP contribution in [0.5, 0.6) is 0 Å². The maximum absolute atomic E-state index is 4.49. The first-order valence-corrected chi connectivity index (χ1v) is 7.63. The molecule has 0 amide bonds. The number of imidazole rings is 2. The molecule has 2 N–H and O–H groups in total. The molecule has 0 radical (unpaired) electrons. The van der Waals surface area contributed by atoms with Crippen molar-refractivity contribution in [2.45, 2.75) is 6.92 Å². The Morgan fingerprint density at radius 3 is 2.58 bits per heavy atom. The highest BCUT2D eigenvalue weighted by Gasteiger charge is 2.12. The van der Waals surface area contributed by atoms with Crippen molar-refractivity contribution < 1.29 is 0 Å². The number of nitrogens with zero attached hydrogens (tertiary/aromatic N) is 4. The maximum atomic E-state index is 4.49. The second-order valence-electron chi connectivity index (χ2n) is 5.39. The molecule has 118 valence electrons. The summed E-state index contributed by atoms with van der Waals surface area (Å²) in [5, 5.41) is 3.27. The van der Waals surface area contributed by atoms with Crippen LogP contribution in [-0.2, 0) is 0 Å². The summed E-state index contributed by atoms with van der Waals surface area (Å²) in [5.74, 6) is 1.59. The predicted octanol–water partition coefficient (Wildman–Crippen LogP) is 3.71. The quantitative estimate of drug-likeness (QED) is 0.602. The van der Waals surface area contributed by atoms with Crippen LogP contribution in [0.1, 0.15) is 5.69 Å². The van der Waals surface area contributed by atoms with Gasteiger partial charge in [0.25, 0.3) is 0 Å². The Labute approximate surface area is 139 Å². The number of aryl methyl sites for hydroxylation is 1. The van der Waals surface area contributed by atoms with Crippen LogP contribution in [0.2, 0.25) is 0 Å². The predicted molar refractivity (Wildman–Crippen MR) is 93.4 cm³/mol. The van der Waals surface area contributed by atoms with Gasteiger partial charge >= 0.3 is 0 Å². The molecule has 24 heavy (non-hydrogen) atoms. The zero-order valence-electron chi connectivity index (χ0n) is 13.1. The summed E-state index contributed by atoms with van der Waals surface area (Å²) in [7, 11) is 0. The van der Waals surface area contributed by atoms with Crippen molar-refractivity contribution in [3.63, 3.8) is 0 Å². The molecule has 0 fully saturated rings. The third-order valence-electron chi connectivity index (χ3n) is 3.75. The molecule has 1 aromatic carbocycles. The number of aromatic amines is 1. The molecule has 0 unspecified atom stereocenters. The number of hydrogen-bond acceptors (Lipinski definition) is 4. The molecule has 6 heteroatoms.